The molecule has 0 radical (unpaired) electrons. The number of anilines is 2. The highest BCUT2D eigenvalue weighted by Gasteiger charge is 2.53. The number of β-amino-alcohol motifs (C(OH)–C–C–N with tert-alkyl or cyclic N) is 1. The van der Waals surface area contributed by atoms with Crippen molar-refractivity contribution in [3.05, 3.63) is 81.9 Å². The number of aliphatic hydroxyl groups excluding tert-OH is 1. The van der Waals surface area contributed by atoms with E-state index in [-0.39, 0.29) is 17.2 Å². The molecule has 2 amide bonds. The molecule has 1 atom stereocenters. The molecule has 302 valence electrons. The molecule has 2 bridgehead atoms. The second-order valence-electron chi connectivity index (χ2n) is 17.3. The van der Waals surface area contributed by atoms with Crippen LogP contribution in [0.5, 0.6) is 0 Å². The third kappa shape index (κ3) is 7.36. The standard InChI is InChI=1S/C45H58N8O4/c1-6-30-32(33-11-9-13-35(31(33)7-2)49-43(57)41-47-37-26-53(24-29(3)55)22-15-39(37)51(41)5)10-8-12-34(30)48-42(56)40-46-36-25-52(21-14-38(36)50(40)4)23-20-44-16-18-45(27-44,28-54)19-17-44/h8-13,28-29,55H,6-7,14-27H2,1-5H3,(H,48,56)(H,49,57)/t29-,44?,45?/m1/s1. The number of carbonyl (C=O) groups excluding carboxylic acids is 3. The summed E-state index contributed by atoms with van der Waals surface area (Å²) < 4.78 is 3.87. The maximum Gasteiger partial charge on any atom is 0.291 e. The lowest BCUT2D eigenvalue weighted by atomic mass is 9.80. The van der Waals surface area contributed by atoms with E-state index in [1.54, 1.807) is 6.92 Å². The summed E-state index contributed by atoms with van der Waals surface area (Å²) in [5.41, 5.74) is 9.84. The number of hydrogen-bond acceptors (Lipinski definition) is 8. The Morgan fingerprint density at radius 3 is 1.79 bits per heavy atom. The maximum absolute atomic E-state index is 14.0. The SMILES string of the molecule is CCc1c(NC(=O)c2nc3c(n2C)CCN(CCC24CCC(C=O)(CC2)C4)C3)cccc1-c1cccc(NC(=O)c2nc3c(n2C)CCN(C[C@@H](C)O)C3)c1CC. The summed E-state index contributed by atoms with van der Waals surface area (Å²) in [7, 11) is 3.85. The number of carbonyl (C=O) groups is 3. The predicted molar refractivity (Wildman–Crippen MR) is 221 cm³/mol. The van der Waals surface area contributed by atoms with Crippen molar-refractivity contribution >= 4 is 29.5 Å². The van der Waals surface area contributed by atoms with E-state index in [2.05, 4.69) is 46.4 Å². The lowest BCUT2D eigenvalue weighted by Gasteiger charge is -2.32. The van der Waals surface area contributed by atoms with Gasteiger partial charge in [0.15, 0.2) is 11.6 Å². The van der Waals surface area contributed by atoms with Crippen molar-refractivity contribution in [2.45, 2.75) is 104 Å². The fourth-order valence-electron chi connectivity index (χ4n) is 10.6. The molecule has 4 heterocycles. The average Bonchev–Trinajstić information content (AvgIpc) is 3.96. The van der Waals surface area contributed by atoms with Gasteiger partial charge in [-0.1, -0.05) is 38.1 Å². The van der Waals surface area contributed by atoms with Crippen LogP contribution in [-0.2, 0) is 57.7 Å². The molecule has 2 fully saturated rings. The zero-order valence-corrected chi connectivity index (χ0v) is 34.3. The van der Waals surface area contributed by atoms with Gasteiger partial charge in [0.05, 0.1) is 17.5 Å². The van der Waals surface area contributed by atoms with Crippen LogP contribution >= 0.6 is 0 Å². The minimum atomic E-state index is -0.423. The van der Waals surface area contributed by atoms with Crippen LogP contribution in [0.4, 0.5) is 11.4 Å². The highest BCUT2D eigenvalue weighted by Crippen LogP contribution is 2.62. The molecule has 8 rings (SSSR count). The molecule has 0 unspecified atom stereocenters. The highest BCUT2D eigenvalue weighted by molar-refractivity contribution is 6.04. The van der Waals surface area contributed by atoms with Crippen LogP contribution in [0, 0.1) is 10.8 Å². The van der Waals surface area contributed by atoms with E-state index in [1.807, 2.05) is 47.5 Å². The zero-order chi connectivity index (χ0) is 40.1. The number of nitrogens with one attached hydrogen (secondary N) is 2. The predicted octanol–water partition coefficient (Wildman–Crippen LogP) is 6.09. The Labute approximate surface area is 336 Å². The molecule has 57 heavy (non-hydrogen) atoms. The van der Waals surface area contributed by atoms with Crippen molar-refractivity contribution in [1.29, 1.82) is 0 Å². The summed E-state index contributed by atoms with van der Waals surface area (Å²) in [5.74, 6) is 0.306. The topological polar surface area (TPSA) is 138 Å². The summed E-state index contributed by atoms with van der Waals surface area (Å²) in [4.78, 5) is 53.9. The van der Waals surface area contributed by atoms with Crippen LogP contribution in [-0.4, -0.2) is 84.4 Å². The molecule has 4 aliphatic rings. The average molecular weight is 775 g/mol. The quantitative estimate of drug-likeness (QED) is 0.139. The first-order valence-electron chi connectivity index (χ1n) is 21.0. The van der Waals surface area contributed by atoms with Gasteiger partial charge in [-0.15, -0.1) is 0 Å². The van der Waals surface area contributed by atoms with Gasteiger partial charge < -0.3 is 29.7 Å². The minimum Gasteiger partial charge on any atom is -0.392 e. The Hall–Kier alpha value is -4.65. The Bertz CT molecular complexity index is 2190. The summed E-state index contributed by atoms with van der Waals surface area (Å²) >= 11 is 0. The van der Waals surface area contributed by atoms with E-state index >= 15 is 0 Å². The smallest absolute Gasteiger partial charge is 0.291 e. The zero-order valence-electron chi connectivity index (χ0n) is 34.3. The van der Waals surface area contributed by atoms with E-state index in [4.69, 9.17) is 9.97 Å². The summed E-state index contributed by atoms with van der Waals surface area (Å²) in [6.45, 7) is 10.6. The van der Waals surface area contributed by atoms with E-state index in [0.29, 0.717) is 43.0 Å². The normalized spacial score (nSPS) is 22.3. The second-order valence-corrected chi connectivity index (χ2v) is 17.3. The first kappa shape index (κ1) is 39.2. The molecule has 2 aromatic carbocycles. The number of benzene rings is 2. The number of aldehydes is 1. The fourth-order valence-corrected chi connectivity index (χ4v) is 10.6. The van der Waals surface area contributed by atoms with Crippen molar-refractivity contribution < 1.29 is 19.5 Å². The van der Waals surface area contributed by atoms with E-state index in [0.717, 1.165) is 121 Å². The first-order valence-corrected chi connectivity index (χ1v) is 21.0. The third-order valence-corrected chi connectivity index (χ3v) is 13.7. The van der Waals surface area contributed by atoms with Crippen LogP contribution in [0.1, 0.15) is 114 Å². The summed E-state index contributed by atoms with van der Waals surface area (Å²) in [5, 5.41) is 16.3. The molecular formula is C45H58N8O4. The Morgan fingerprint density at radius 2 is 1.32 bits per heavy atom. The van der Waals surface area contributed by atoms with Crippen molar-refractivity contribution in [2.75, 3.05) is 36.8 Å². The van der Waals surface area contributed by atoms with Gasteiger partial charge in [-0.05, 0) is 105 Å². The monoisotopic (exact) mass is 774 g/mol. The molecule has 2 aromatic heterocycles. The number of aromatic nitrogens is 4. The molecule has 0 saturated heterocycles. The molecule has 4 aromatic rings. The summed E-state index contributed by atoms with van der Waals surface area (Å²) in [6.07, 6.45) is 10.4. The molecule has 2 saturated carbocycles. The number of aliphatic hydroxyl groups is 1. The first-order chi connectivity index (χ1) is 27.5. The fraction of sp³-hybridized carbons (Fsp3) is 0.533. The van der Waals surface area contributed by atoms with Crippen molar-refractivity contribution in [1.82, 2.24) is 28.9 Å². The van der Waals surface area contributed by atoms with Gasteiger partial charge in [0.25, 0.3) is 11.8 Å². The van der Waals surface area contributed by atoms with Crippen LogP contribution < -0.4 is 10.6 Å². The molecule has 3 N–H and O–H groups in total. The molecule has 12 heteroatoms. The lowest BCUT2D eigenvalue weighted by Crippen LogP contribution is -2.36. The Morgan fingerprint density at radius 1 is 0.807 bits per heavy atom. The maximum atomic E-state index is 14.0. The molecule has 2 aliphatic carbocycles. The van der Waals surface area contributed by atoms with Gasteiger partial charge in [0, 0.05) is 87.8 Å². The second kappa shape index (κ2) is 15.6. The van der Waals surface area contributed by atoms with Gasteiger partial charge in [-0.3, -0.25) is 19.4 Å². The van der Waals surface area contributed by atoms with Crippen LogP contribution in [0.15, 0.2) is 36.4 Å². The van der Waals surface area contributed by atoms with Gasteiger partial charge in [0.2, 0.25) is 0 Å². The van der Waals surface area contributed by atoms with E-state index < -0.39 is 6.10 Å². The number of fused-ring (bicyclic) bond motifs is 4. The molecular weight excluding hydrogens is 717 g/mol. The number of rotatable bonds is 13. The van der Waals surface area contributed by atoms with Crippen molar-refractivity contribution in [2.24, 2.45) is 24.9 Å². The van der Waals surface area contributed by atoms with Crippen LogP contribution in [0.25, 0.3) is 11.1 Å². The molecule has 12 nitrogen and oxygen atoms in total. The number of nitrogens with zero attached hydrogens (tertiary/aromatic N) is 6. The number of amides is 2. The van der Waals surface area contributed by atoms with E-state index in [1.165, 1.54) is 19.1 Å². The van der Waals surface area contributed by atoms with Crippen molar-refractivity contribution in [3.8, 4) is 11.1 Å². The highest BCUT2D eigenvalue weighted by atomic mass is 16.3. The van der Waals surface area contributed by atoms with Gasteiger partial charge in [-0.2, -0.15) is 0 Å². The number of imidazole rings is 2. The van der Waals surface area contributed by atoms with Gasteiger partial charge >= 0.3 is 0 Å². The Kier molecular flexibility index (Phi) is 10.7. The van der Waals surface area contributed by atoms with Crippen LogP contribution in [0.2, 0.25) is 0 Å². The van der Waals surface area contributed by atoms with Gasteiger partial charge in [0.1, 0.15) is 6.29 Å². The number of hydrogen-bond donors (Lipinski definition) is 3. The van der Waals surface area contributed by atoms with Crippen LogP contribution in [0.3, 0.4) is 0 Å². The molecule has 0 spiro atoms. The molecule has 2 aliphatic heterocycles. The Balaban J connectivity index is 0.975. The van der Waals surface area contributed by atoms with Gasteiger partial charge in [-0.25, -0.2) is 9.97 Å². The third-order valence-electron chi connectivity index (χ3n) is 13.7. The van der Waals surface area contributed by atoms with E-state index in [9.17, 15) is 19.5 Å². The summed E-state index contributed by atoms with van der Waals surface area (Å²) in [6, 6.07) is 12.0. The minimum absolute atomic E-state index is 0.0546. The lowest BCUT2D eigenvalue weighted by molar-refractivity contribution is -0.115. The largest absolute Gasteiger partial charge is 0.392 e. The van der Waals surface area contributed by atoms with Crippen molar-refractivity contribution in [3.63, 3.8) is 0 Å².